The summed E-state index contributed by atoms with van der Waals surface area (Å²) in [6.07, 6.45) is 4.82. The molecular formula is C19H22N6. The summed E-state index contributed by atoms with van der Waals surface area (Å²) < 4.78 is 2.09. The summed E-state index contributed by atoms with van der Waals surface area (Å²) in [4.78, 5) is 17.3. The number of benzene rings is 1. The molecule has 6 heteroatoms. The van der Waals surface area contributed by atoms with Crippen molar-refractivity contribution in [1.29, 1.82) is 0 Å². The number of aromatic amines is 1. The Morgan fingerprint density at radius 2 is 2.08 bits per heavy atom. The van der Waals surface area contributed by atoms with Crippen molar-refractivity contribution in [3.05, 3.63) is 36.8 Å². The van der Waals surface area contributed by atoms with Gasteiger partial charge in [0.05, 0.1) is 6.33 Å². The fourth-order valence-electron chi connectivity index (χ4n) is 2.98. The first-order valence-corrected chi connectivity index (χ1v) is 8.73. The largest absolute Gasteiger partial charge is 0.368 e. The third-order valence-electron chi connectivity index (χ3n) is 4.33. The van der Waals surface area contributed by atoms with E-state index < -0.39 is 0 Å². The van der Waals surface area contributed by atoms with Crippen LogP contribution in [0.1, 0.15) is 33.2 Å². The van der Waals surface area contributed by atoms with E-state index in [-0.39, 0.29) is 0 Å². The number of fused-ring (bicyclic) bond motifs is 2. The van der Waals surface area contributed by atoms with Gasteiger partial charge in [-0.05, 0) is 44.5 Å². The van der Waals surface area contributed by atoms with Crippen LogP contribution in [0.25, 0.3) is 33.5 Å². The maximum absolute atomic E-state index is 4.83. The normalized spacial score (nSPS) is 11.7. The first kappa shape index (κ1) is 15.6. The van der Waals surface area contributed by atoms with E-state index in [4.69, 9.17) is 9.97 Å². The van der Waals surface area contributed by atoms with E-state index in [2.05, 4.69) is 64.9 Å². The molecule has 4 rings (SSSR count). The third kappa shape index (κ3) is 2.73. The average molecular weight is 334 g/mol. The number of imidazole rings is 1. The molecule has 4 aromatic rings. The molecule has 0 amide bonds. The smallest absolute Gasteiger partial charge is 0.166 e. The first-order valence-electron chi connectivity index (χ1n) is 8.73. The minimum Gasteiger partial charge on any atom is -0.368 e. The van der Waals surface area contributed by atoms with Crippen molar-refractivity contribution in [2.24, 2.45) is 0 Å². The highest BCUT2D eigenvalue weighted by atomic mass is 15.2. The van der Waals surface area contributed by atoms with E-state index in [1.165, 1.54) is 0 Å². The zero-order valence-electron chi connectivity index (χ0n) is 14.7. The molecule has 6 nitrogen and oxygen atoms in total. The molecule has 0 saturated carbocycles. The number of aromatic nitrogens is 5. The molecule has 1 aromatic carbocycles. The van der Waals surface area contributed by atoms with Crippen molar-refractivity contribution in [3.63, 3.8) is 0 Å². The lowest BCUT2D eigenvalue weighted by Gasteiger charge is -2.11. The molecule has 0 fully saturated rings. The maximum Gasteiger partial charge on any atom is 0.166 e. The van der Waals surface area contributed by atoms with Crippen molar-refractivity contribution in [3.8, 4) is 11.4 Å². The number of anilines is 1. The molecule has 0 aliphatic carbocycles. The van der Waals surface area contributed by atoms with E-state index in [0.717, 1.165) is 52.2 Å². The Bertz CT molecular complexity index is 1030. The summed E-state index contributed by atoms with van der Waals surface area (Å²) in [6, 6.07) is 8.59. The zero-order valence-corrected chi connectivity index (χ0v) is 14.7. The number of hydrogen-bond acceptors (Lipinski definition) is 4. The molecule has 0 radical (unpaired) electrons. The van der Waals surface area contributed by atoms with Gasteiger partial charge in [-0.15, -0.1) is 0 Å². The Hall–Kier alpha value is -2.89. The molecule has 2 N–H and O–H groups in total. The van der Waals surface area contributed by atoms with Gasteiger partial charge in [0.1, 0.15) is 5.52 Å². The summed E-state index contributed by atoms with van der Waals surface area (Å²) in [6.45, 7) is 7.26. The molecule has 0 bridgehead atoms. The molecule has 0 aliphatic heterocycles. The Kier molecular flexibility index (Phi) is 3.87. The van der Waals surface area contributed by atoms with Gasteiger partial charge in [-0.2, -0.15) is 0 Å². The molecule has 0 unspecified atom stereocenters. The van der Waals surface area contributed by atoms with E-state index in [1.54, 1.807) is 0 Å². The number of rotatable bonds is 5. The van der Waals surface area contributed by atoms with Gasteiger partial charge in [0.25, 0.3) is 0 Å². The fraction of sp³-hybridized carbons (Fsp3) is 0.316. The fourth-order valence-corrected chi connectivity index (χ4v) is 2.98. The number of nitrogens with one attached hydrogen (secondary N) is 2. The number of nitrogens with zero attached hydrogens (tertiary/aromatic N) is 4. The predicted octanol–water partition coefficient (Wildman–Crippen LogP) is 4.38. The highest BCUT2D eigenvalue weighted by Crippen LogP contribution is 2.27. The van der Waals surface area contributed by atoms with Gasteiger partial charge in [-0.25, -0.2) is 15.0 Å². The van der Waals surface area contributed by atoms with Gasteiger partial charge >= 0.3 is 0 Å². The monoisotopic (exact) mass is 334 g/mol. The average Bonchev–Trinajstić information content (AvgIpc) is 3.25. The van der Waals surface area contributed by atoms with E-state index in [9.17, 15) is 0 Å². The van der Waals surface area contributed by atoms with Gasteiger partial charge in [0.15, 0.2) is 17.3 Å². The van der Waals surface area contributed by atoms with Crippen LogP contribution in [0.15, 0.2) is 36.8 Å². The van der Waals surface area contributed by atoms with Crippen LogP contribution in [0, 0.1) is 0 Å². The molecule has 3 aromatic heterocycles. The maximum atomic E-state index is 4.83. The Balaban J connectivity index is 1.91. The van der Waals surface area contributed by atoms with Crippen molar-refractivity contribution in [1.82, 2.24) is 24.5 Å². The van der Waals surface area contributed by atoms with Crippen LogP contribution >= 0.6 is 0 Å². The van der Waals surface area contributed by atoms with Gasteiger partial charge < -0.3 is 14.9 Å². The molecule has 0 saturated heterocycles. The number of H-pyrrole nitrogens is 1. The summed E-state index contributed by atoms with van der Waals surface area (Å²) in [5.41, 5.74) is 3.81. The lowest BCUT2D eigenvalue weighted by atomic mass is 10.1. The summed E-state index contributed by atoms with van der Waals surface area (Å²) in [5, 5.41) is 4.55. The SMILES string of the molecule is CCCNc1nc(-c2ccc3[nH]ccc3c2)nc2c1ncn2C(C)C. The zero-order chi connectivity index (χ0) is 17.4. The first-order chi connectivity index (χ1) is 12.2. The van der Waals surface area contributed by atoms with Gasteiger partial charge in [0, 0.05) is 35.2 Å². The second kappa shape index (κ2) is 6.20. The van der Waals surface area contributed by atoms with Gasteiger partial charge in [0.2, 0.25) is 0 Å². The standard InChI is InChI=1S/C19H22N6/c1-4-8-21-18-16-19(25(11-22-16)12(2)3)24-17(23-18)14-5-6-15-13(10-14)7-9-20-15/h5-7,9-12,20H,4,8H2,1-3H3,(H,21,23,24). The summed E-state index contributed by atoms with van der Waals surface area (Å²) in [7, 11) is 0. The predicted molar refractivity (Wildman–Crippen MR) is 102 cm³/mol. The molecule has 25 heavy (non-hydrogen) atoms. The lowest BCUT2D eigenvalue weighted by molar-refractivity contribution is 0.613. The quantitative estimate of drug-likeness (QED) is 0.568. The molecule has 0 atom stereocenters. The van der Waals surface area contributed by atoms with Crippen LogP contribution in [-0.2, 0) is 0 Å². The topological polar surface area (TPSA) is 71.4 Å². The summed E-state index contributed by atoms with van der Waals surface area (Å²) >= 11 is 0. The van der Waals surface area contributed by atoms with E-state index >= 15 is 0 Å². The molecule has 128 valence electrons. The van der Waals surface area contributed by atoms with Crippen LogP contribution in [0.2, 0.25) is 0 Å². The van der Waals surface area contributed by atoms with Crippen molar-refractivity contribution < 1.29 is 0 Å². The molecule has 0 spiro atoms. The second-order valence-electron chi connectivity index (χ2n) is 6.52. The minimum absolute atomic E-state index is 0.291. The van der Waals surface area contributed by atoms with Crippen molar-refractivity contribution in [2.45, 2.75) is 33.2 Å². The van der Waals surface area contributed by atoms with Crippen LogP contribution in [-0.4, -0.2) is 31.0 Å². The van der Waals surface area contributed by atoms with Crippen molar-refractivity contribution >= 4 is 27.9 Å². The van der Waals surface area contributed by atoms with Gasteiger partial charge in [-0.1, -0.05) is 6.92 Å². The minimum atomic E-state index is 0.291. The van der Waals surface area contributed by atoms with E-state index in [1.807, 2.05) is 12.5 Å². The van der Waals surface area contributed by atoms with E-state index in [0.29, 0.717) is 6.04 Å². The van der Waals surface area contributed by atoms with Crippen LogP contribution in [0.4, 0.5) is 5.82 Å². The summed E-state index contributed by atoms with van der Waals surface area (Å²) in [5.74, 6) is 1.52. The Morgan fingerprint density at radius 1 is 1.20 bits per heavy atom. The molecule has 3 heterocycles. The Morgan fingerprint density at radius 3 is 2.88 bits per heavy atom. The van der Waals surface area contributed by atoms with Crippen LogP contribution < -0.4 is 5.32 Å². The van der Waals surface area contributed by atoms with Gasteiger partial charge in [-0.3, -0.25) is 0 Å². The van der Waals surface area contributed by atoms with Crippen LogP contribution in [0.5, 0.6) is 0 Å². The number of hydrogen-bond donors (Lipinski definition) is 2. The molecule has 0 aliphatic rings. The Labute approximate surface area is 146 Å². The van der Waals surface area contributed by atoms with Crippen LogP contribution in [0.3, 0.4) is 0 Å². The lowest BCUT2D eigenvalue weighted by Crippen LogP contribution is -2.06. The molecular weight excluding hydrogens is 312 g/mol. The highest BCUT2D eigenvalue weighted by Gasteiger charge is 2.15. The third-order valence-corrected chi connectivity index (χ3v) is 4.33. The van der Waals surface area contributed by atoms with Crippen molar-refractivity contribution in [2.75, 3.05) is 11.9 Å². The second-order valence-corrected chi connectivity index (χ2v) is 6.52. The highest BCUT2D eigenvalue weighted by molar-refractivity contribution is 5.87.